The van der Waals surface area contributed by atoms with Crippen LogP contribution in [0.5, 0.6) is 5.75 Å². The Bertz CT molecular complexity index is 703. The molecule has 1 fully saturated rings. The van der Waals surface area contributed by atoms with Crippen LogP contribution in [0.15, 0.2) is 29.4 Å². The average Bonchev–Trinajstić information content (AvgIpc) is 3.10. The van der Waals surface area contributed by atoms with Gasteiger partial charge in [-0.05, 0) is 53.5 Å². The molecular formula is C17H23N5O2S. The summed E-state index contributed by atoms with van der Waals surface area (Å²) >= 11 is 1.34. The molecule has 0 radical (unpaired) electrons. The van der Waals surface area contributed by atoms with Crippen molar-refractivity contribution in [1.29, 1.82) is 0 Å². The zero-order chi connectivity index (χ0) is 17.6. The van der Waals surface area contributed by atoms with Gasteiger partial charge < -0.3 is 10.1 Å². The number of aromatic nitrogens is 4. The van der Waals surface area contributed by atoms with Crippen molar-refractivity contribution in [2.45, 2.75) is 43.8 Å². The number of hydrogen-bond donors (Lipinski definition) is 1. The van der Waals surface area contributed by atoms with Gasteiger partial charge in [0.05, 0.1) is 18.6 Å². The Kier molecular flexibility index (Phi) is 5.91. The largest absolute Gasteiger partial charge is 0.497 e. The molecule has 0 spiro atoms. The van der Waals surface area contributed by atoms with Crippen LogP contribution in [0.2, 0.25) is 0 Å². The van der Waals surface area contributed by atoms with Crippen molar-refractivity contribution in [1.82, 2.24) is 25.5 Å². The lowest BCUT2D eigenvalue weighted by Gasteiger charge is -2.29. The molecule has 7 nitrogen and oxygen atoms in total. The zero-order valence-corrected chi connectivity index (χ0v) is 15.3. The fraction of sp³-hybridized carbons (Fsp3) is 0.529. The highest BCUT2D eigenvalue weighted by molar-refractivity contribution is 7.99. The fourth-order valence-corrected chi connectivity index (χ4v) is 3.77. The van der Waals surface area contributed by atoms with E-state index in [0.29, 0.717) is 22.9 Å². The minimum absolute atomic E-state index is 0.0352. The van der Waals surface area contributed by atoms with Crippen molar-refractivity contribution >= 4 is 17.7 Å². The molecule has 3 rings (SSSR count). The van der Waals surface area contributed by atoms with Crippen LogP contribution in [-0.4, -0.2) is 45.0 Å². The van der Waals surface area contributed by atoms with Crippen molar-refractivity contribution in [3.63, 3.8) is 0 Å². The zero-order valence-electron chi connectivity index (χ0n) is 14.5. The van der Waals surface area contributed by atoms with E-state index in [2.05, 4.69) is 27.8 Å². The minimum Gasteiger partial charge on any atom is -0.497 e. The van der Waals surface area contributed by atoms with Gasteiger partial charge in [-0.1, -0.05) is 31.5 Å². The first-order chi connectivity index (χ1) is 12.2. The number of amides is 1. The number of tetrazole rings is 1. The van der Waals surface area contributed by atoms with E-state index in [1.807, 2.05) is 24.3 Å². The van der Waals surface area contributed by atoms with Crippen LogP contribution in [0.1, 0.15) is 32.6 Å². The van der Waals surface area contributed by atoms with E-state index in [9.17, 15) is 4.79 Å². The lowest BCUT2D eigenvalue weighted by Crippen LogP contribution is -2.41. The van der Waals surface area contributed by atoms with Gasteiger partial charge in [-0.2, -0.15) is 4.68 Å². The van der Waals surface area contributed by atoms with Crippen molar-refractivity contribution in [3.8, 4) is 11.4 Å². The molecule has 1 aliphatic rings. The summed E-state index contributed by atoms with van der Waals surface area (Å²) in [6.07, 6.45) is 4.71. The molecule has 0 saturated heterocycles. The molecule has 0 bridgehead atoms. The summed E-state index contributed by atoms with van der Waals surface area (Å²) < 4.78 is 6.78. The molecule has 134 valence electrons. The highest BCUT2D eigenvalue weighted by Gasteiger charge is 2.23. The van der Waals surface area contributed by atoms with E-state index in [-0.39, 0.29) is 5.91 Å². The average molecular weight is 361 g/mol. The molecule has 1 N–H and O–H groups in total. The van der Waals surface area contributed by atoms with Crippen molar-refractivity contribution in [3.05, 3.63) is 24.3 Å². The van der Waals surface area contributed by atoms with Gasteiger partial charge in [0.25, 0.3) is 0 Å². The normalized spacial score (nSPS) is 20.2. The number of hydrogen-bond acceptors (Lipinski definition) is 6. The Balaban J connectivity index is 1.58. The molecule has 1 aromatic carbocycles. The highest BCUT2D eigenvalue weighted by Crippen LogP contribution is 2.24. The number of rotatable bonds is 6. The van der Waals surface area contributed by atoms with Crippen LogP contribution in [0.3, 0.4) is 0 Å². The molecule has 25 heavy (non-hydrogen) atoms. The van der Waals surface area contributed by atoms with Gasteiger partial charge in [-0.3, -0.25) is 4.79 Å². The first-order valence-electron chi connectivity index (χ1n) is 8.52. The number of benzene rings is 1. The van der Waals surface area contributed by atoms with Crippen molar-refractivity contribution in [2.24, 2.45) is 5.92 Å². The predicted molar refractivity (Wildman–Crippen MR) is 96.0 cm³/mol. The van der Waals surface area contributed by atoms with Gasteiger partial charge in [0.1, 0.15) is 5.75 Å². The number of ether oxygens (including phenoxy) is 1. The van der Waals surface area contributed by atoms with Gasteiger partial charge in [0.2, 0.25) is 11.1 Å². The molecule has 8 heteroatoms. The highest BCUT2D eigenvalue weighted by atomic mass is 32.2. The van der Waals surface area contributed by atoms with E-state index >= 15 is 0 Å². The summed E-state index contributed by atoms with van der Waals surface area (Å²) in [6.45, 7) is 2.21. The predicted octanol–water partition coefficient (Wildman–Crippen LogP) is 2.46. The van der Waals surface area contributed by atoms with E-state index in [1.54, 1.807) is 11.8 Å². The Labute approximate surface area is 151 Å². The monoisotopic (exact) mass is 361 g/mol. The van der Waals surface area contributed by atoms with Crippen LogP contribution >= 0.6 is 11.8 Å². The number of nitrogens with zero attached hydrogens (tertiary/aromatic N) is 4. The third kappa shape index (κ3) is 4.50. The van der Waals surface area contributed by atoms with Crippen LogP contribution < -0.4 is 10.1 Å². The second kappa shape index (κ2) is 8.33. The Morgan fingerprint density at radius 2 is 2.08 bits per heavy atom. The summed E-state index contributed by atoms with van der Waals surface area (Å²) in [5, 5.41) is 15.5. The fourth-order valence-electron chi connectivity index (χ4n) is 3.06. The first-order valence-corrected chi connectivity index (χ1v) is 9.51. The Hall–Kier alpha value is -2.09. The molecule has 1 amide bonds. The quantitative estimate of drug-likeness (QED) is 0.796. The lowest BCUT2D eigenvalue weighted by molar-refractivity contribution is -0.119. The smallest absolute Gasteiger partial charge is 0.230 e. The van der Waals surface area contributed by atoms with Crippen LogP contribution in [0, 0.1) is 5.92 Å². The summed E-state index contributed by atoms with van der Waals surface area (Å²) in [5.41, 5.74) is 0.828. The molecule has 1 aromatic heterocycles. The number of methoxy groups -OCH3 is 1. The maximum Gasteiger partial charge on any atom is 0.230 e. The Morgan fingerprint density at radius 3 is 2.80 bits per heavy atom. The molecule has 1 heterocycles. The second-order valence-corrected chi connectivity index (χ2v) is 7.24. The summed E-state index contributed by atoms with van der Waals surface area (Å²) in [7, 11) is 1.62. The molecule has 2 atom stereocenters. The molecule has 1 aliphatic carbocycles. The topological polar surface area (TPSA) is 81.9 Å². The van der Waals surface area contributed by atoms with E-state index in [4.69, 9.17) is 4.74 Å². The molecule has 1 saturated carbocycles. The summed E-state index contributed by atoms with van der Waals surface area (Å²) in [5.74, 6) is 1.66. The third-order valence-electron chi connectivity index (χ3n) is 4.55. The standard InChI is InChI=1S/C17H23N5O2S/c1-12-5-3-4-6-15(12)18-16(23)11-25-17-19-20-21-22(17)13-7-9-14(24-2)10-8-13/h7-10,12,15H,3-6,11H2,1-2H3,(H,18,23)/t12-,15+/m1/s1. The minimum atomic E-state index is 0.0352. The SMILES string of the molecule is COc1ccc(-n2nnnc2SCC(=O)N[C@H]2CCCC[C@H]2C)cc1. The number of thioether (sulfide) groups is 1. The lowest BCUT2D eigenvalue weighted by atomic mass is 9.86. The maximum absolute atomic E-state index is 12.3. The van der Waals surface area contributed by atoms with E-state index < -0.39 is 0 Å². The van der Waals surface area contributed by atoms with E-state index in [1.165, 1.54) is 31.0 Å². The van der Waals surface area contributed by atoms with Gasteiger partial charge in [-0.15, -0.1) is 5.10 Å². The first kappa shape index (κ1) is 17.7. The van der Waals surface area contributed by atoms with Crippen molar-refractivity contribution in [2.75, 3.05) is 12.9 Å². The Morgan fingerprint density at radius 1 is 1.32 bits per heavy atom. The third-order valence-corrected chi connectivity index (χ3v) is 5.47. The molecular weight excluding hydrogens is 338 g/mol. The molecule has 0 unspecified atom stereocenters. The van der Waals surface area contributed by atoms with Crippen molar-refractivity contribution < 1.29 is 9.53 Å². The van der Waals surface area contributed by atoms with E-state index in [0.717, 1.165) is 17.9 Å². The maximum atomic E-state index is 12.3. The second-order valence-electron chi connectivity index (χ2n) is 6.30. The summed E-state index contributed by atoms with van der Waals surface area (Å²) in [4.78, 5) is 12.3. The van der Waals surface area contributed by atoms with Gasteiger partial charge in [0, 0.05) is 6.04 Å². The molecule has 2 aromatic rings. The van der Waals surface area contributed by atoms with Gasteiger partial charge in [-0.25, -0.2) is 0 Å². The number of carbonyl (C=O) groups is 1. The van der Waals surface area contributed by atoms with Crippen LogP contribution in [0.25, 0.3) is 5.69 Å². The van der Waals surface area contributed by atoms with Gasteiger partial charge >= 0.3 is 0 Å². The van der Waals surface area contributed by atoms with Crippen LogP contribution in [-0.2, 0) is 4.79 Å². The summed E-state index contributed by atoms with van der Waals surface area (Å²) in [6, 6.07) is 7.75. The van der Waals surface area contributed by atoms with Gasteiger partial charge in [0.15, 0.2) is 0 Å². The molecule has 0 aliphatic heterocycles. The number of carbonyl (C=O) groups excluding carboxylic acids is 1. The number of nitrogens with one attached hydrogen (secondary N) is 1. The van der Waals surface area contributed by atoms with Crippen LogP contribution in [0.4, 0.5) is 0 Å².